The van der Waals surface area contributed by atoms with Crippen molar-refractivity contribution >= 4 is 0 Å². The first-order valence-corrected chi connectivity index (χ1v) is 13.5. The van der Waals surface area contributed by atoms with Crippen LogP contribution in [0.4, 0.5) is 0 Å². The molecule has 0 bridgehead atoms. The third kappa shape index (κ3) is 5.02. The second-order valence-electron chi connectivity index (χ2n) is 10.9. The van der Waals surface area contributed by atoms with Crippen LogP contribution in [-0.2, 0) is 19.4 Å². The van der Waals surface area contributed by atoms with E-state index in [2.05, 4.69) is 59.3 Å². The third-order valence-corrected chi connectivity index (χ3v) is 7.55. The highest BCUT2D eigenvalue weighted by Crippen LogP contribution is 2.37. The summed E-state index contributed by atoms with van der Waals surface area (Å²) in [5.74, 6) is 1.70. The first-order chi connectivity index (χ1) is 19.3. The Morgan fingerprint density at radius 1 is 1.02 bits per heavy atom. The number of H-pyrrole nitrogens is 2. The molecule has 1 aliphatic heterocycles. The van der Waals surface area contributed by atoms with Crippen molar-refractivity contribution in [1.82, 2.24) is 24.9 Å². The summed E-state index contributed by atoms with van der Waals surface area (Å²) < 4.78 is 12.5. The summed E-state index contributed by atoms with van der Waals surface area (Å²) in [4.78, 5) is 26.8. The average molecular weight is 538 g/mol. The standard InChI is InChI=1S/C31H31N5O4/c1-4-20(22-13-14-26-23(15-22)17-31(2,3)39-26)16-27-33-34-29(37)36(27)18-19-9-11-21(12-10-19)24-7-5-6-8-25(24)28-32-30(38)40-35-28/h5-15,20H,4,16-18H2,1-3H3,(H,34,37)(H,32,35,38). The Labute approximate surface area is 230 Å². The molecule has 3 aromatic carbocycles. The number of fused-ring (bicyclic) bond motifs is 1. The van der Waals surface area contributed by atoms with E-state index in [0.29, 0.717) is 18.8 Å². The molecule has 0 amide bonds. The fourth-order valence-electron chi connectivity index (χ4n) is 5.53. The van der Waals surface area contributed by atoms with Crippen LogP contribution in [0.15, 0.2) is 80.8 Å². The van der Waals surface area contributed by atoms with E-state index in [1.54, 1.807) is 4.57 Å². The van der Waals surface area contributed by atoms with Gasteiger partial charge in [-0.15, -0.1) is 0 Å². The van der Waals surface area contributed by atoms with E-state index < -0.39 is 5.76 Å². The van der Waals surface area contributed by atoms with Gasteiger partial charge in [0.1, 0.15) is 17.2 Å². The molecule has 0 radical (unpaired) electrons. The zero-order valence-corrected chi connectivity index (χ0v) is 22.7. The van der Waals surface area contributed by atoms with Crippen LogP contribution in [0.2, 0.25) is 0 Å². The fourth-order valence-corrected chi connectivity index (χ4v) is 5.53. The summed E-state index contributed by atoms with van der Waals surface area (Å²) >= 11 is 0. The molecular formula is C31H31N5O4. The van der Waals surface area contributed by atoms with Crippen molar-refractivity contribution in [2.45, 2.75) is 58.1 Å². The van der Waals surface area contributed by atoms with E-state index in [4.69, 9.17) is 9.26 Å². The molecule has 1 atom stereocenters. The molecule has 0 fully saturated rings. The van der Waals surface area contributed by atoms with Crippen LogP contribution in [-0.4, -0.2) is 30.5 Å². The molecule has 2 N–H and O–H groups in total. The lowest BCUT2D eigenvalue weighted by Crippen LogP contribution is -2.24. The molecule has 9 nitrogen and oxygen atoms in total. The van der Waals surface area contributed by atoms with Gasteiger partial charge in [0, 0.05) is 18.4 Å². The van der Waals surface area contributed by atoms with E-state index in [9.17, 15) is 9.59 Å². The Kier molecular flexibility index (Phi) is 6.50. The molecule has 6 rings (SSSR count). The predicted molar refractivity (Wildman–Crippen MR) is 152 cm³/mol. The van der Waals surface area contributed by atoms with Gasteiger partial charge in [0.25, 0.3) is 0 Å². The average Bonchev–Trinajstić information content (AvgIpc) is 3.62. The highest BCUT2D eigenvalue weighted by Gasteiger charge is 2.30. The largest absolute Gasteiger partial charge is 0.487 e. The van der Waals surface area contributed by atoms with E-state index in [-0.39, 0.29) is 17.2 Å². The Morgan fingerprint density at radius 2 is 1.80 bits per heavy atom. The Hall–Kier alpha value is -4.66. The van der Waals surface area contributed by atoms with Gasteiger partial charge in [-0.3, -0.25) is 14.1 Å². The third-order valence-electron chi connectivity index (χ3n) is 7.55. The maximum Gasteiger partial charge on any atom is 0.439 e. The Balaban J connectivity index is 1.22. The quantitative estimate of drug-likeness (QED) is 0.285. The smallest absolute Gasteiger partial charge is 0.439 e. The van der Waals surface area contributed by atoms with Gasteiger partial charge in [-0.05, 0) is 60.1 Å². The minimum atomic E-state index is -0.596. The van der Waals surface area contributed by atoms with Crippen molar-refractivity contribution in [3.8, 4) is 28.3 Å². The zero-order valence-electron chi connectivity index (χ0n) is 22.7. The molecule has 1 aliphatic rings. The zero-order chi connectivity index (χ0) is 27.9. The van der Waals surface area contributed by atoms with Crippen molar-refractivity contribution in [3.63, 3.8) is 0 Å². The number of ether oxygens (including phenoxy) is 1. The van der Waals surface area contributed by atoms with Crippen LogP contribution >= 0.6 is 0 Å². The van der Waals surface area contributed by atoms with Crippen molar-refractivity contribution in [1.29, 1.82) is 0 Å². The highest BCUT2D eigenvalue weighted by atomic mass is 16.5. The molecule has 40 heavy (non-hydrogen) atoms. The molecule has 0 aliphatic carbocycles. The van der Waals surface area contributed by atoms with Crippen LogP contribution in [0.1, 0.15) is 55.6 Å². The molecule has 1 unspecified atom stereocenters. The number of benzene rings is 3. The number of rotatable bonds is 8. The lowest BCUT2D eigenvalue weighted by Gasteiger charge is -2.17. The van der Waals surface area contributed by atoms with Crippen LogP contribution in [0.25, 0.3) is 22.5 Å². The first kappa shape index (κ1) is 25.6. The van der Waals surface area contributed by atoms with E-state index in [1.807, 2.05) is 48.5 Å². The van der Waals surface area contributed by atoms with Crippen LogP contribution in [0.3, 0.4) is 0 Å². The monoisotopic (exact) mass is 537 g/mol. The summed E-state index contributed by atoms with van der Waals surface area (Å²) in [6.45, 7) is 6.79. The molecule has 5 aromatic rings. The molecule has 204 valence electrons. The highest BCUT2D eigenvalue weighted by molar-refractivity contribution is 5.80. The van der Waals surface area contributed by atoms with E-state index in [1.165, 1.54) is 11.1 Å². The maximum absolute atomic E-state index is 12.8. The molecular weight excluding hydrogens is 506 g/mol. The number of hydrogen-bond donors (Lipinski definition) is 2. The van der Waals surface area contributed by atoms with Crippen molar-refractivity contribution in [2.75, 3.05) is 0 Å². The van der Waals surface area contributed by atoms with Crippen molar-refractivity contribution in [2.24, 2.45) is 0 Å². The normalized spacial score (nSPS) is 14.6. The van der Waals surface area contributed by atoms with Gasteiger partial charge in [0.05, 0.1) is 6.54 Å². The number of hydrogen-bond acceptors (Lipinski definition) is 6. The van der Waals surface area contributed by atoms with Crippen molar-refractivity contribution < 1.29 is 9.26 Å². The van der Waals surface area contributed by atoms with Gasteiger partial charge in [-0.25, -0.2) is 14.7 Å². The van der Waals surface area contributed by atoms with Crippen molar-refractivity contribution in [3.05, 3.63) is 110 Å². The molecule has 0 saturated carbocycles. The van der Waals surface area contributed by atoms with E-state index in [0.717, 1.165) is 46.7 Å². The number of nitrogens with zero attached hydrogens (tertiary/aromatic N) is 3. The molecule has 3 heterocycles. The minimum absolute atomic E-state index is 0.183. The van der Waals surface area contributed by atoms with Gasteiger partial charge in [0.15, 0.2) is 5.82 Å². The lowest BCUT2D eigenvalue weighted by atomic mass is 9.90. The van der Waals surface area contributed by atoms with Gasteiger partial charge >= 0.3 is 11.4 Å². The lowest BCUT2D eigenvalue weighted by molar-refractivity contribution is 0.138. The first-order valence-electron chi connectivity index (χ1n) is 13.5. The number of aromatic nitrogens is 5. The maximum atomic E-state index is 12.8. The molecule has 9 heteroatoms. The summed E-state index contributed by atoms with van der Waals surface area (Å²) in [6, 6.07) is 22.1. The molecule has 0 saturated heterocycles. The summed E-state index contributed by atoms with van der Waals surface area (Å²) in [6.07, 6.45) is 2.46. The van der Waals surface area contributed by atoms with Gasteiger partial charge in [-0.2, -0.15) is 5.10 Å². The molecule has 2 aromatic heterocycles. The SMILES string of the molecule is CCC(Cc1n[nH]c(=O)n1Cc1ccc(-c2ccccc2-c2noc(=O)[nH]2)cc1)c1ccc2c(c1)CC(C)(C)O2. The second kappa shape index (κ2) is 10.1. The predicted octanol–water partition coefficient (Wildman–Crippen LogP) is 5.08. The Bertz CT molecular complexity index is 1770. The van der Waals surface area contributed by atoms with Gasteiger partial charge < -0.3 is 4.74 Å². The van der Waals surface area contributed by atoms with E-state index >= 15 is 0 Å². The fraction of sp³-hybridized carbons (Fsp3) is 0.290. The summed E-state index contributed by atoms with van der Waals surface area (Å²) in [5, 5.41) is 10.9. The summed E-state index contributed by atoms with van der Waals surface area (Å²) in [5.41, 5.74) is 5.67. The minimum Gasteiger partial charge on any atom is -0.487 e. The number of nitrogens with one attached hydrogen (secondary N) is 2. The van der Waals surface area contributed by atoms with Gasteiger partial charge in [0.2, 0.25) is 0 Å². The van der Waals surface area contributed by atoms with Gasteiger partial charge in [-0.1, -0.05) is 72.7 Å². The van der Waals surface area contributed by atoms with Crippen LogP contribution < -0.4 is 16.2 Å². The topological polar surface area (TPSA) is 119 Å². The number of aromatic amines is 2. The summed E-state index contributed by atoms with van der Waals surface area (Å²) in [7, 11) is 0. The molecule has 0 spiro atoms. The Morgan fingerprint density at radius 3 is 2.52 bits per heavy atom. The van der Waals surface area contributed by atoms with Crippen LogP contribution in [0, 0.1) is 0 Å². The van der Waals surface area contributed by atoms with Crippen LogP contribution in [0.5, 0.6) is 5.75 Å². The second-order valence-corrected chi connectivity index (χ2v) is 10.9.